The van der Waals surface area contributed by atoms with Gasteiger partial charge in [-0.2, -0.15) is 0 Å². The van der Waals surface area contributed by atoms with E-state index in [0.717, 1.165) is 22.7 Å². The van der Waals surface area contributed by atoms with Gasteiger partial charge in [0.25, 0.3) is 5.91 Å². The number of nitrogens with one attached hydrogen (secondary N) is 3. The Morgan fingerprint density at radius 2 is 1.82 bits per heavy atom. The van der Waals surface area contributed by atoms with Crippen LogP contribution in [0.1, 0.15) is 27.4 Å². The summed E-state index contributed by atoms with van der Waals surface area (Å²) in [5.41, 5.74) is 7.10. The predicted octanol–water partition coefficient (Wildman–Crippen LogP) is 2.63. The monoisotopic (exact) mass is 400 g/mol. The van der Waals surface area contributed by atoms with Crippen molar-refractivity contribution in [2.45, 2.75) is 20.3 Å². The molecule has 0 fully saturated rings. The Morgan fingerprint density at radius 3 is 2.54 bits per heavy atom. The predicted molar refractivity (Wildman–Crippen MR) is 103 cm³/mol. The summed E-state index contributed by atoms with van der Waals surface area (Å²) < 4.78 is 13.6. The molecule has 28 heavy (non-hydrogen) atoms. The van der Waals surface area contributed by atoms with Crippen molar-refractivity contribution in [3.05, 3.63) is 64.2 Å². The van der Waals surface area contributed by atoms with Crippen LogP contribution in [-0.2, 0) is 11.2 Å². The summed E-state index contributed by atoms with van der Waals surface area (Å²) in [7, 11) is 0. The van der Waals surface area contributed by atoms with Gasteiger partial charge in [0.05, 0.1) is 17.7 Å². The van der Waals surface area contributed by atoms with Crippen LogP contribution in [0.2, 0.25) is 0 Å². The summed E-state index contributed by atoms with van der Waals surface area (Å²) in [5.74, 6) is -1.27. The quantitative estimate of drug-likeness (QED) is 0.549. The number of hydrazine groups is 1. The van der Waals surface area contributed by atoms with Crippen molar-refractivity contribution in [1.29, 1.82) is 0 Å². The second-order valence-electron chi connectivity index (χ2n) is 5.90. The van der Waals surface area contributed by atoms with E-state index in [4.69, 9.17) is 0 Å². The summed E-state index contributed by atoms with van der Waals surface area (Å²) in [6, 6.07) is 7.48. The van der Waals surface area contributed by atoms with Crippen molar-refractivity contribution in [2.75, 3.05) is 10.7 Å². The van der Waals surface area contributed by atoms with Crippen LogP contribution < -0.4 is 16.2 Å². The van der Waals surface area contributed by atoms with Crippen molar-refractivity contribution < 1.29 is 14.0 Å². The number of carbonyl (C=O) groups excluding carboxylic acids is 2. The lowest BCUT2D eigenvalue weighted by atomic mass is 10.2. The third kappa shape index (κ3) is 5.07. The molecule has 3 rings (SSSR count). The molecule has 2 aromatic heterocycles. The Hall–Kier alpha value is -3.40. The first-order valence-electron chi connectivity index (χ1n) is 8.28. The van der Waals surface area contributed by atoms with Crippen molar-refractivity contribution in [3.63, 3.8) is 0 Å². The van der Waals surface area contributed by atoms with Gasteiger partial charge in [-0.15, -0.1) is 11.3 Å². The fourth-order valence-corrected chi connectivity index (χ4v) is 3.08. The second-order valence-corrected chi connectivity index (χ2v) is 6.76. The number of aromatic nitrogens is 3. The van der Waals surface area contributed by atoms with Crippen molar-refractivity contribution >= 4 is 34.2 Å². The number of nitrogens with zero attached hydrogens (tertiary/aromatic N) is 3. The molecule has 0 radical (unpaired) electrons. The maximum atomic E-state index is 13.6. The minimum Gasteiger partial charge on any atom is -0.298 e. The summed E-state index contributed by atoms with van der Waals surface area (Å²) in [4.78, 5) is 36.6. The Balaban J connectivity index is 1.54. The maximum Gasteiger partial charge on any atom is 0.260 e. The molecule has 3 N–H and O–H groups in total. The molecule has 0 bridgehead atoms. The zero-order chi connectivity index (χ0) is 20.1. The first-order chi connectivity index (χ1) is 13.4. The van der Waals surface area contributed by atoms with Crippen molar-refractivity contribution in [1.82, 2.24) is 20.4 Å². The average Bonchev–Trinajstić information content (AvgIpc) is 3.06. The molecular formula is C18H17FN6O2S. The second kappa shape index (κ2) is 8.53. The highest BCUT2D eigenvalue weighted by atomic mass is 32.1. The molecule has 2 heterocycles. The molecule has 0 saturated heterocycles. The minimum absolute atomic E-state index is 0.0101. The van der Waals surface area contributed by atoms with E-state index in [1.165, 1.54) is 18.2 Å². The first kappa shape index (κ1) is 19.4. The van der Waals surface area contributed by atoms with Crippen LogP contribution in [0.4, 0.5) is 15.5 Å². The molecule has 144 valence electrons. The van der Waals surface area contributed by atoms with Crippen LogP contribution in [0, 0.1) is 19.7 Å². The van der Waals surface area contributed by atoms with Gasteiger partial charge in [0, 0.05) is 16.8 Å². The molecule has 0 aliphatic carbocycles. The fourth-order valence-electron chi connectivity index (χ4n) is 2.37. The van der Waals surface area contributed by atoms with Gasteiger partial charge in [-0.05, 0) is 32.0 Å². The van der Waals surface area contributed by atoms with Crippen LogP contribution >= 0.6 is 11.3 Å². The highest BCUT2D eigenvalue weighted by molar-refractivity contribution is 7.14. The van der Waals surface area contributed by atoms with E-state index in [1.807, 2.05) is 19.9 Å². The van der Waals surface area contributed by atoms with Crippen LogP contribution in [-0.4, -0.2) is 26.8 Å². The Morgan fingerprint density at radius 1 is 1.11 bits per heavy atom. The summed E-state index contributed by atoms with van der Waals surface area (Å²) in [5, 5.41) is 4.45. The molecule has 0 aliphatic rings. The number of hydrogen-bond acceptors (Lipinski definition) is 7. The van der Waals surface area contributed by atoms with E-state index in [2.05, 4.69) is 31.1 Å². The van der Waals surface area contributed by atoms with Gasteiger partial charge in [-0.25, -0.2) is 19.3 Å². The van der Waals surface area contributed by atoms with E-state index < -0.39 is 11.7 Å². The Kier molecular flexibility index (Phi) is 5.90. The number of halogens is 1. The lowest BCUT2D eigenvalue weighted by Crippen LogP contribution is -2.31. The topological polar surface area (TPSA) is 109 Å². The smallest absolute Gasteiger partial charge is 0.260 e. The van der Waals surface area contributed by atoms with Crippen molar-refractivity contribution in [2.24, 2.45) is 0 Å². The van der Waals surface area contributed by atoms with E-state index in [9.17, 15) is 14.0 Å². The van der Waals surface area contributed by atoms with Crippen LogP contribution in [0.5, 0.6) is 0 Å². The molecule has 2 amide bonds. The average molecular weight is 400 g/mol. The number of amides is 2. The third-order valence-electron chi connectivity index (χ3n) is 3.53. The maximum absolute atomic E-state index is 13.6. The summed E-state index contributed by atoms with van der Waals surface area (Å²) in [6.45, 7) is 3.65. The number of rotatable bonds is 6. The number of carbonyl (C=O) groups is 2. The van der Waals surface area contributed by atoms with Gasteiger partial charge < -0.3 is 0 Å². The molecule has 8 nitrogen and oxygen atoms in total. The third-order valence-corrected chi connectivity index (χ3v) is 4.33. The number of hydrogen-bond donors (Lipinski definition) is 3. The fraction of sp³-hybridized carbons (Fsp3) is 0.167. The van der Waals surface area contributed by atoms with Crippen molar-refractivity contribution in [3.8, 4) is 0 Å². The SMILES string of the molecule is Cc1cc(C)nc(NNC(=O)Cc2csc(NC(=O)c3ccccc3F)n2)n1. The largest absolute Gasteiger partial charge is 0.298 e. The van der Waals surface area contributed by atoms with Gasteiger partial charge in [-0.1, -0.05) is 12.1 Å². The number of benzene rings is 1. The first-order valence-corrected chi connectivity index (χ1v) is 9.16. The van der Waals surface area contributed by atoms with E-state index in [-0.39, 0.29) is 23.0 Å². The minimum atomic E-state index is -0.615. The summed E-state index contributed by atoms with van der Waals surface area (Å²) >= 11 is 1.15. The van der Waals surface area contributed by atoms with Gasteiger partial charge in [0.2, 0.25) is 11.9 Å². The lowest BCUT2D eigenvalue weighted by molar-refractivity contribution is -0.120. The zero-order valence-corrected chi connectivity index (χ0v) is 15.9. The Bertz CT molecular complexity index is 1000. The molecule has 0 aliphatic heterocycles. The van der Waals surface area contributed by atoms with Crippen LogP contribution in [0.15, 0.2) is 35.7 Å². The standard InChI is InChI=1S/C18H17FN6O2S/c1-10-7-11(2)21-17(20-10)25-24-15(26)8-12-9-28-18(22-12)23-16(27)13-5-3-4-6-14(13)19/h3-7,9H,8H2,1-2H3,(H,24,26)(H,20,21,25)(H,22,23,27). The molecule has 0 unspecified atom stereocenters. The molecule has 0 spiro atoms. The highest BCUT2D eigenvalue weighted by Gasteiger charge is 2.14. The van der Waals surface area contributed by atoms with E-state index in [1.54, 1.807) is 11.4 Å². The number of anilines is 2. The molecule has 1 aromatic carbocycles. The van der Waals surface area contributed by atoms with Gasteiger partial charge in [0.15, 0.2) is 5.13 Å². The van der Waals surface area contributed by atoms with Gasteiger partial charge >= 0.3 is 0 Å². The highest BCUT2D eigenvalue weighted by Crippen LogP contribution is 2.17. The molecule has 0 atom stereocenters. The Labute approximate surface area is 164 Å². The number of aryl methyl sites for hydroxylation is 2. The van der Waals surface area contributed by atoms with E-state index >= 15 is 0 Å². The van der Waals surface area contributed by atoms with E-state index in [0.29, 0.717) is 11.6 Å². The number of thiazole rings is 1. The summed E-state index contributed by atoms with van der Waals surface area (Å²) in [6.07, 6.45) is -0.0101. The lowest BCUT2D eigenvalue weighted by Gasteiger charge is -2.07. The zero-order valence-electron chi connectivity index (χ0n) is 15.1. The van der Waals surface area contributed by atoms with Gasteiger partial charge in [0.1, 0.15) is 5.82 Å². The molecular weight excluding hydrogens is 383 g/mol. The molecule has 0 saturated carbocycles. The normalized spacial score (nSPS) is 10.4. The molecule has 3 aromatic rings. The van der Waals surface area contributed by atoms with Gasteiger partial charge in [-0.3, -0.25) is 25.8 Å². The van der Waals surface area contributed by atoms with Crippen LogP contribution in [0.3, 0.4) is 0 Å². The van der Waals surface area contributed by atoms with Crippen LogP contribution in [0.25, 0.3) is 0 Å². The molecule has 10 heteroatoms.